The number of carbonyl (C=O) groups is 2. The molecule has 0 unspecified atom stereocenters. The third kappa shape index (κ3) is 4.81. The SMILES string of the molecule is COC(=O)C1=CC[C@@H]2N(C/C(I)=C/CO[Si](C)(C)C(C)(C)C)CC[C@@]23c2ccccc2N(C(=O)OC)[C@@H]13. The van der Waals surface area contributed by atoms with Crippen molar-refractivity contribution >= 4 is 48.7 Å². The van der Waals surface area contributed by atoms with Crippen molar-refractivity contribution in [1.82, 2.24) is 4.90 Å². The van der Waals surface area contributed by atoms with E-state index in [1.807, 2.05) is 24.3 Å². The van der Waals surface area contributed by atoms with Gasteiger partial charge >= 0.3 is 12.1 Å². The second-order valence-corrected chi connectivity index (χ2v) is 17.8. The highest BCUT2D eigenvalue weighted by Crippen LogP contribution is 2.58. The second-order valence-electron chi connectivity index (χ2n) is 11.6. The van der Waals surface area contributed by atoms with Crippen LogP contribution in [0.15, 0.2) is 45.6 Å². The van der Waals surface area contributed by atoms with Crippen molar-refractivity contribution < 1.29 is 23.5 Å². The van der Waals surface area contributed by atoms with Gasteiger partial charge in [0.25, 0.3) is 0 Å². The highest BCUT2D eigenvalue weighted by molar-refractivity contribution is 14.1. The molecule has 0 N–H and O–H groups in total. The van der Waals surface area contributed by atoms with Crippen molar-refractivity contribution in [2.24, 2.45) is 0 Å². The lowest BCUT2D eigenvalue weighted by Gasteiger charge is -2.44. The number of para-hydroxylation sites is 1. The molecule has 1 aliphatic carbocycles. The third-order valence-electron chi connectivity index (χ3n) is 8.82. The number of amides is 1. The van der Waals surface area contributed by atoms with Crippen LogP contribution in [0.25, 0.3) is 0 Å². The van der Waals surface area contributed by atoms with E-state index in [4.69, 9.17) is 13.9 Å². The summed E-state index contributed by atoms with van der Waals surface area (Å²) in [6.07, 6.45) is 5.27. The van der Waals surface area contributed by atoms with E-state index in [2.05, 4.69) is 73.5 Å². The fraction of sp³-hybridized carbons (Fsp3) is 0.571. The van der Waals surface area contributed by atoms with Gasteiger partial charge in [-0.2, -0.15) is 0 Å². The molecular formula is C28H39IN2O5Si. The molecule has 1 amide bonds. The van der Waals surface area contributed by atoms with Crippen LogP contribution in [0.5, 0.6) is 0 Å². The van der Waals surface area contributed by atoms with Crippen LogP contribution < -0.4 is 4.90 Å². The highest BCUT2D eigenvalue weighted by atomic mass is 127. The third-order valence-corrected chi connectivity index (χ3v) is 14.1. The van der Waals surface area contributed by atoms with Crippen LogP contribution in [0, 0.1) is 0 Å². The van der Waals surface area contributed by atoms with Crippen molar-refractivity contribution in [3.8, 4) is 0 Å². The number of methoxy groups -OCH3 is 2. The number of esters is 1. The molecule has 1 saturated heterocycles. The van der Waals surface area contributed by atoms with Gasteiger partial charge in [-0.15, -0.1) is 0 Å². The second kappa shape index (κ2) is 10.5. The number of carbonyl (C=O) groups excluding carboxylic acids is 2. The number of hydrogen-bond acceptors (Lipinski definition) is 6. The van der Waals surface area contributed by atoms with Crippen LogP contribution in [-0.4, -0.2) is 71.3 Å². The minimum absolute atomic E-state index is 0.140. The van der Waals surface area contributed by atoms with E-state index in [0.717, 1.165) is 30.8 Å². The Balaban J connectivity index is 1.65. The van der Waals surface area contributed by atoms with Gasteiger partial charge in [0.15, 0.2) is 8.32 Å². The summed E-state index contributed by atoms with van der Waals surface area (Å²) >= 11 is 2.43. The molecule has 3 aliphatic rings. The van der Waals surface area contributed by atoms with Crippen molar-refractivity contribution in [1.29, 1.82) is 0 Å². The monoisotopic (exact) mass is 638 g/mol. The van der Waals surface area contributed by atoms with Crippen molar-refractivity contribution in [3.05, 3.63) is 51.1 Å². The number of ether oxygens (including phenoxy) is 2. The largest absolute Gasteiger partial charge is 0.466 e. The number of anilines is 1. The normalized spacial score (nSPS) is 25.8. The Morgan fingerprint density at radius 1 is 1.19 bits per heavy atom. The van der Waals surface area contributed by atoms with Crippen LogP contribution in [0.4, 0.5) is 10.5 Å². The van der Waals surface area contributed by atoms with Gasteiger partial charge in [0.2, 0.25) is 0 Å². The predicted molar refractivity (Wildman–Crippen MR) is 157 cm³/mol. The number of rotatable bonds is 6. The maximum atomic E-state index is 13.1. The fourth-order valence-corrected chi connectivity index (χ4v) is 7.50. The van der Waals surface area contributed by atoms with Crippen LogP contribution in [0.2, 0.25) is 18.1 Å². The van der Waals surface area contributed by atoms with Gasteiger partial charge in [-0.25, -0.2) is 9.59 Å². The molecule has 9 heteroatoms. The molecule has 1 aromatic carbocycles. The van der Waals surface area contributed by atoms with Crippen molar-refractivity contribution in [2.45, 2.75) is 69.2 Å². The molecule has 4 rings (SSSR count). The average Bonchev–Trinajstić information content (AvgIpc) is 3.36. The zero-order valence-electron chi connectivity index (χ0n) is 23.0. The van der Waals surface area contributed by atoms with E-state index in [1.54, 1.807) is 4.90 Å². The minimum atomic E-state index is -1.81. The smallest absolute Gasteiger partial charge is 0.414 e. The first kappa shape index (κ1) is 28.3. The summed E-state index contributed by atoms with van der Waals surface area (Å²) in [6.45, 7) is 13.6. The summed E-state index contributed by atoms with van der Waals surface area (Å²) in [6, 6.07) is 7.69. The zero-order valence-corrected chi connectivity index (χ0v) is 26.1. The van der Waals surface area contributed by atoms with Gasteiger partial charge in [0.05, 0.1) is 38.1 Å². The molecule has 202 valence electrons. The standard InChI is InChI=1S/C28H39IN2O5Si/c1-27(2,3)37(6,7)36-17-14-19(29)18-30-16-15-28-21-10-8-9-11-22(21)31(26(33)35-5)24(28)20(25(32)34-4)12-13-23(28)30/h8-12,14,23-24H,13,15-18H2,1-7H3/b19-14-/t23-,24-,28+/m0/s1. The summed E-state index contributed by atoms with van der Waals surface area (Å²) < 4.78 is 18.0. The molecule has 1 fully saturated rings. The first-order chi connectivity index (χ1) is 17.4. The summed E-state index contributed by atoms with van der Waals surface area (Å²) in [5, 5.41) is 0.176. The number of benzene rings is 1. The lowest BCUT2D eigenvalue weighted by atomic mass is 9.64. The Morgan fingerprint density at radius 2 is 1.89 bits per heavy atom. The lowest BCUT2D eigenvalue weighted by molar-refractivity contribution is -0.136. The van der Waals surface area contributed by atoms with E-state index in [-0.39, 0.29) is 17.0 Å². The van der Waals surface area contributed by atoms with Crippen molar-refractivity contribution in [3.63, 3.8) is 0 Å². The van der Waals surface area contributed by atoms with E-state index >= 15 is 0 Å². The zero-order chi connectivity index (χ0) is 27.2. The Hall–Kier alpha value is -1.69. The molecule has 2 heterocycles. The van der Waals surface area contributed by atoms with E-state index in [9.17, 15) is 9.59 Å². The minimum Gasteiger partial charge on any atom is -0.466 e. The number of halogens is 1. The molecule has 0 bridgehead atoms. The molecule has 2 aliphatic heterocycles. The Labute approximate surface area is 235 Å². The average molecular weight is 639 g/mol. The Kier molecular flexibility index (Phi) is 8.01. The van der Waals surface area contributed by atoms with Crippen LogP contribution in [0.3, 0.4) is 0 Å². The van der Waals surface area contributed by atoms with Crippen LogP contribution in [0.1, 0.15) is 39.2 Å². The number of nitrogens with zero attached hydrogens (tertiary/aromatic N) is 2. The number of likely N-dealkylation sites (tertiary alicyclic amines) is 1. The maximum absolute atomic E-state index is 13.1. The van der Waals surface area contributed by atoms with E-state index in [1.165, 1.54) is 17.8 Å². The molecule has 1 spiro atoms. The molecule has 3 atom stereocenters. The van der Waals surface area contributed by atoms with Gasteiger partial charge in [-0.05, 0) is 77.8 Å². The maximum Gasteiger partial charge on any atom is 0.414 e. The van der Waals surface area contributed by atoms with Crippen LogP contribution >= 0.6 is 22.6 Å². The fourth-order valence-electron chi connectivity index (χ4n) is 5.95. The molecule has 37 heavy (non-hydrogen) atoms. The molecule has 0 radical (unpaired) electrons. The Bertz CT molecular complexity index is 1130. The molecule has 7 nitrogen and oxygen atoms in total. The molecule has 1 aromatic rings. The van der Waals surface area contributed by atoms with Crippen LogP contribution in [-0.2, 0) is 24.1 Å². The number of hydrogen-bond donors (Lipinski definition) is 0. The summed E-state index contributed by atoms with van der Waals surface area (Å²) in [5.74, 6) is -0.389. The lowest BCUT2D eigenvalue weighted by Crippen LogP contribution is -2.57. The molecule has 0 aromatic heterocycles. The first-order valence-corrected chi connectivity index (χ1v) is 16.9. The summed E-state index contributed by atoms with van der Waals surface area (Å²) in [5.41, 5.74) is 2.05. The number of fused-ring (bicyclic) bond motifs is 1. The molecular weight excluding hydrogens is 599 g/mol. The first-order valence-electron chi connectivity index (χ1n) is 12.9. The van der Waals surface area contributed by atoms with Gasteiger partial charge in [-0.1, -0.05) is 45.0 Å². The van der Waals surface area contributed by atoms with Gasteiger partial charge < -0.3 is 13.9 Å². The Morgan fingerprint density at radius 3 is 2.54 bits per heavy atom. The van der Waals surface area contributed by atoms with E-state index < -0.39 is 25.9 Å². The quantitative estimate of drug-likeness (QED) is 0.223. The topological polar surface area (TPSA) is 68.3 Å². The highest BCUT2D eigenvalue weighted by Gasteiger charge is 2.64. The van der Waals surface area contributed by atoms with E-state index in [0.29, 0.717) is 18.6 Å². The van der Waals surface area contributed by atoms with Crippen molar-refractivity contribution in [2.75, 3.05) is 38.8 Å². The van der Waals surface area contributed by atoms with Gasteiger partial charge in [-0.3, -0.25) is 9.80 Å². The molecule has 0 saturated carbocycles. The summed E-state index contributed by atoms with van der Waals surface area (Å²) in [4.78, 5) is 30.2. The van der Waals surface area contributed by atoms with Gasteiger partial charge in [0.1, 0.15) is 0 Å². The van der Waals surface area contributed by atoms with Gasteiger partial charge in [0, 0.05) is 21.6 Å². The summed E-state index contributed by atoms with van der Waals surface area (Å²) in [7, 11) is 0.973. The predicted octanol–water partition coefficient (Wildman–Crippen LogP) is 5.80.